The van der Waals surface area contributed by atoms with Gasteiger partial charge in [0, 0.05) is 35.6 Å². The van der Waals surface area contributed by atoms with Gasteiger partial charge in [-0.1, -0.05) is 15.9 Å². The molecule has 2 aromatic rings. The van der Waals surface area contributed by atoms with E-state index in [1.807, 2.05) is 25.1 Å². The molecule has 120 valence electrons. The average molecular weight is 375 g/mol. The van der Waals surface area contributed by atoms with Gasteiger partial charge in [-0.2, -0.15) is 0 Å². The number of aromatic nitrogens is 2. The highest BCUT2D eigenvalue weighted by Crippen LogP contribution is 2.23. The fraction of sp³-hybridized carbons (Fsp3) is 0.353. The lowest BCUT2D eigenvalue weighted by molar-refractivity contribution is -0.120. The lowest BCUT2D eigenvalue weighted by atomic mass is 9.97. The van der Waals surface area contributed by atoms with Crippen LogP contribution in [0.5, 0.6) is 0 Å². The molecule has 1 N–H and O–H groups in total. The van der Waals surface area contributed by atoms with Gasteiger partial charge in [0.15, 0.2) is 0 Å². The van der Waals surface area contributed by atoms with Gasteiger partial charge in [-0.25, -0.2) is 9.97 Å². The van der Waals surface area contributed by atoms with Crippen molar-refractivity contribution in [1.82, 2.24) is 9.97 Å². The molecule has 0 spiro atoms. The molecule has 1 aliphatic heterocycles. The molecule has 0 radical (unpaired) electrons. The Kier molecular flexibility index (Phi) is 4.91. The molecule has 0 saturated carbocycles. The van der Waals surface area contributed by atoms with Crippen LogP contribution in [0.2, 0.25) is 0 Å². The summed E-state index contributed by atoms with van der Waals surface area (Å²) in [6, 6.07) is 7.64. The number of hydrogen-bond acceptors (Lipinski definition) is 4. The van der Waals surface area contributed by atoms with E-state index in [2.05, 4.69) is 36.1 Å². The van der Waals surface area contributed by atoms with E-state index >= 15 is 0 Å². The zero-order chi connectivity index (χ0) is 16.2. The number of hydrogen-bond donors (Lipinski definition) is 1. The lowest BCUT2D eigenvalue weighted by Crippen LogP contribution is -2.41. The van der Waals surface area contributed by atoms with Crippen LogP contribution in [0.3, 0.4) is 0 Å². The maximum Gasteiger partial charge on any atom is 0.229 e. The van der Waals surface area contributed by atoms with Crippen LogP contribution < -0.4 is 10.2 Å². The number of carbonyl (C=O) groups is 1. The quantitative estimate of drug-likeness (QED) is 0.894. The first-order valence-electron chi connectivity index (χ1n) is 7.72. The van der Waals surface area contributed by atoms with Crippen LogP contribution >= 0.6 is 15.9 Å². The van der Waals surface area contributed by atoms with E-state index in [0.29, 0.717) is 12.5 Å². The topological polar surface area (TPSA) is 58.1 Å². The predicted molar refractivity (Wildman–Crippen MR) is 94.5 cm³/mol. The summed E-state index contributed by atoms with van der Waals surface area (Å²) in [5.74, 6) is 0.716. The second-order valence-electron chi connectivity index (χ2n) is 5.79. The molecule has 2 heterocycles. The maximum absolute atomic E-state index is 12.6. The van der Waals surface area contributed by atoms with Crippen molar-refractivity contribution in [2.24, 2.45) is 5.92 Å². The molecule has 1 amide bonds. The van der Waals surface area contributed by atoms with E-state index < -0.39 is 0 Å². The molecule has 1 saturated heterocycles. The Bertz CT molecular complexity index is 692. The summed E-state index contributed by atoms with van der Waals surface area (Å²) in [5, 5.41) is 3.02. The average Bonchev–Trinajstić information content (AvgIpc) is 2.59. The SMILES string of the molecule is Cc1cc(NC(=O)C2CCCN(c3ncccn3)C2)ccc1Br. The van der Waals surface area contributed by atoms with E-state index in [1.165, 1.54) is 0 Å². The second kappa shape index (κ2) is 7.08. The van der Waals surface area contributed by atoms with Gasteiger partial charge in [0.05, 0.1) is 5.92 Å². The number of anilines is 2. The molecule has 1 atom stereocenters. The number of piperidine rings is 1. The van der Waals surface area contributed by atoms with Crippen LogP contribution in [-0.2, 0) is 4.79 Å². The van der Waals surface area contributed by atoms with Crippen molar-refractivity contribution in [3.05, 3.63) is 46.7 Å². The molecule has 5 nitrogen and oxygen atoms in total. The standard InChI is InChI=1S/C17H19BrN4O/c1-12-10-14(5-6-15(12)18)21-16(23)13-4-2-9-22(11-13)17-19-7-3-8-20-17/h3,5-8,10,13H,2,4,9,11H2,1H3,(H,21,23). The third-order valence-electron chi connectivity index (χ3n) is 4.05. The predicted octanol–water partition coefficient (Wildman–Crippen LogP) is 3.40. The van der Waals surface area contributed by atoms with E-state index in [1.54, 1.807) is 18.5 Å². The Morgan fingerprint density at radius 2 is 2.13 bits per heavy atom. The third-order valence-corrected chi connectivity index (χ3v) is 4.94. The lowest BCUT2D eigenvalue weighted by Gasteiger charge is -2.31. The Labute approximate surface area is 144 Å². The Morgan fingerprint density at radius 3 is 2.87 bits per heavy atom. The number of benzene rings is 1. The molecular formula is C17H19BrN4O. The molecule has 1 aromatic heterocycles. The van der Waals surface area contributed by atoms with Crippen LogP contribution in [-0.4, -0.2) is 29.0 Å². The Morgan fingerprint density at radius 1 is 1.35 bits per heavy atom. The zero-order valence-corrected chi connectivity index (χ0v) is 14.6. The summed E-state index contributed by atoms with van der Waals surface area (Å²) in [6.07, 6.45) is 5.33. The molecule has 0 bridgehead atoms. The van der Waals surface area contributed by atoms with E-state index in [0.717, 1.165) is 35.1 Å². The minimum Gasteiger partial charge on any atom is -0.340 e. The van der Waals surface area contributed by atoms with Gasteiger partial charge in [0.25, 0.3) is 0 Å². The van der Waals surface area contributed by atoms with Gasteiger partial charge in [-0.05, 0) is 49.6 Å². The number of nitrogens with one attached hydrogen (secondary N) is 1. The smallest absolute Gasteiger partial charge is 0.229 e. The highest BCUT2D eigenvalue weighted by molar-refractivity contribution is 9.10. The van der Waals surface area contributed by atoms with Crippen LogP contribution in [0.25, 0.3) is 0 Å². The Hall–Kier alpha value is -1.95. The van der Waals surface area contributed by atoms with E-state index in [9.17, 15) is 4.79 Å². The molecule has 1 aliphatic rings. The molecular weight excluding hydrogens is 356 g/mol. The number of aryl methyl sites for hydroxylation is 1. The van der Waals surface area contributed by atoms with E-state index in [4.69, 9.17) is 0 Å². The van der Waals surface area contributed by atoms with Crippen LogP contribution in [0.15, 0.2) is 41.1 Å². The van der Waals surface area contributed by atoms with Crippen molar-refractivity contribution >= 4 is 33.5 Å². The van der Waals surface area contributed by atoms with Gasteiger partial charge in [-0.3, -0.25) is 4.79 Å². The number of nitrogens with zero attached hydrogens (tertiary/aromatic N) is 3. The summed E-state index contributed by atoms with van der Waals surface area (Å²) in [7, 11) is 0. The van der Waals surface area contributed by atoms with Crippen molar-refractivity contribution in [2.45, 2.75) is 19.8 Å². The molecule has 1 aromatic carbocycles. The Balaban J connectivity index is 1.66. The first kappa shape index (κ1) is 15.9. The van der Waals surface area contributed by atoms with Crippen molar-refractivity contribution in [3.8, 4) is 0 Å². The van der Waals surface area contributed by atoms with Crippen molar-refractivity contribution < 1.29 is 4.79 Å². The normalized spacial score (nSPS) is 17.8. The maximum atomic E-state index is 12.6. The molecule has 0 aliphatic carbocycles. The van der Waals surface area contributed by atoms with Gasteiger partial charge < -0.3 is 10.2 Å². The highest BCUT2D eigenvalue weighted by Gasteiger charge is 2.27. The van der Waals surface area contributed by atoms with Crippen LogP contribution in [0.1, 0.15) is 18.4 Å². The largest absolute Gasteiger partial charge is 0.340 e. The number of amides is 1. The third kappa shape index (κ3) is 3.88. The summed E-state index contributed by atoms with van der Waals surface area (Å²) in [6.45, 7) is 3.56. The first-order chi connectivity index (χ1) is 11.1. The fourth-order valence-corrected chi connectivity index (χ4v) is 3.04. The molecule has 23 heavy (non-hydrogen) atoms. The number of halogens is 1. The number of carbonyl (C=O) groups excluding carboxylic acids is 1. The monoisotopic (exact) mass is 374 g/mol. The fourth-order valence-electron chi connectivity index (χ4n) is 2.79. The summed E-state index contributed by atoms with van der Waals surface area (Å²) >= 11 is 3.47. The molecule has 6 heteroatoms. The van der Waals surface area contributed by atoms with Crippen molar-refractivity contribution in [3.63, 3.8) is 0 Å². The van der Waals surface area contributed by atoms with Crippen molar-refractivity contribution in [2.75, 3.05) is 23.3 Å². The van der Waals surface area contributed by atoms with Gasteiger partial charge >= 0.3 is 0 Å². The highest BCUT2D eigenvalue weighted by atomic mass is 79.9. The molecule has 1 unspecified atom stereocenters. The van der Waals surface area contributed by atoms with Gasteiger partial charge in [-0.15, -0.1) is 0 Å². The van der Waals surface area contributed by atoms with Crippen LogP contribution in [0.4, 0.5) is 11.6 Å². The van der Waals surface area contributed by atoms with Crippen LogP contribution in [0, 0.1) is 12.8 Å². The molecule has 1 fully saturated rings. The second-order valence-corrected chi connectivity index (χ2v) is 6.64. The minimum atomic E-state index is -0.0449. The summed E-state index contributed by atoms with van der Waals surface area (Å²) < 4.78 is 1.04. The molecule has 3 rings (SSSR count). The van der Waals surface area contributed by atoms with Gasteiger partial charge in [0.1, 0.15) is 0 Å². The van der Waals surface area contributed by atoms with Crippen molar-refractivity contribution in [1.29, 1.82) is 0 Å². The summed E-state index contributed by atoms with van der Waals surface area (Å²) in [4.78, 5) is 23.2. The minimum absolute atomic E-state index is 0.0449. The first-order valence-corrected chi connectivity index (χ1v) is 8.52. The summed E-state index contributed by atoms with van der Waals surface area (Å²) in [5.41, 5.74) is 1.94. The van der Waals surface area contributed by atoms with E-state index in [-0.39, 0.29) is 11.8 Å². The number of rotatable bonds is 3. The zero-order valence-electron chi connectivity index (χ0n) is 13.0. The van der Waals surface area contributed by atoms with Gasteiger partial charge in [0.2, 0.25) is 11.9 Å².